The van der Waals surface area contributed by atoms with E-state index in [1.54, 1.807) is 6.92 Å². The van der Waals surface area contributed by atoms with Gasteiger partial charge in [0.1, 0.15) is 7.11 Å². The van der Waals surface area contributed by atoms with E-state index in [2.05, 4.69) is 15.1 Å². The standard InChI is InChI=1S/C4H8N2O2.Na.H2O/c1-4(3-5-7)6-8-2;;/h3,7H,1-2H3;;1H2/q;+1;/p-1. The number of rotatable bonds is 2. The van der Waals surface area contributed by atoms with Crippen LogP contribution in [0.3, 0.4) is 0 Å². The second-order valence-corrected chi connectivity index (χ2v) is 1.16. The average Bonchev–Trinajstić information content (AvgIpc) is 1.68. The molecule has 0 aromatic carbocycles. The third-order valence-corrected chi connectivity index (χ3v) is 0.480. The summed E-state index contributed by atoms with van der Waals surface area (Å²) in [4.78, 5) is 4.34. The van der Waals surface area contributed by atoms with Crippen molar-refractivity contribution in [2.45, 2.75) is 6.92 Å². The smallest absolute Gasteiger partial charge is 0.870 e. The van der Waals surface area contributed by atoms with Crippen LogP contribution in [0.15, 0.2) is 10.3 Å². The molecule has 2 N–H and O–H groups in total. The first kappa shape index (κ1) is 16.5. The van der Waals surface area contributed by atoms with Gasteiger partial charge in [0.25, 0.3) is 0 Å². The summed E-state index contributed by atoms with van der Waals surface area (Å²) in [6.07, 6.45) is 1.18. The molecule has 0 saturated heterocycles. The van der Waals surface area contributed by atoms with Crippen molar-refractivity contribution in [2.75, 3.05) is 7.11 Å². The Morgan fingerprint density at radius 2 is 2.10 bits per heavy atom. The Kier molecular flexibility index (Phi) is 19.2. The molecule has 0 aliphatic carbocycles. The van der Waals surface area contributed by atoms with E-state index in [1.807, 2.05) is 0 Å². The zero-order chi connectivity index (χ0) is 6.41. The summed E-state index contributed by atoms with van der Waals surface area (Å²) in [6.45, 7) is 1.66. The van der Waals surface area contributed by atoms with Crippen molar-refractivity contribution in [3.63, 3.8) is 0 Å². The third-order valence-electron chi connectivity index (χ3n) is 0.480. The summed E-state index contributed by atoms with van der Waals surface area (Å²) in [5, 5.41) is 14.0. The van der Waals surface area contributed by atoms with Crippen LogP contribution in [-0.2, 0) is 4.84 Å². The van der Waals surface area contributed by atoms with Crippen LogP contribution in [0, 0.1) is 0 Å². The maximum absolute atomic E-state index is 7.90. The average molecular weight is 156 g/mol. The quantitative estimate of drug-likeness (QED) is 0.204. The van der Waals surface area contributed by atoms with Crippen molar-refractivity contribution in [3.05, 3.63) is 0 Å². The second kappa shape index (κ2) is 11.7. The van der Waals surface area contributed by atoms with Crippen LogP contribution in [0.25, 0.3) is 0 Å². The maximum Gasteiger partial charge on any atom is 1.00 e. The SMILES string of the molecule is CON=C(C)C=NO.[Na+].[OH-]. The summed E-state index contributed by atoms with van der Waals surface area (Å²) >= 11 is 0. The summed E-state index contributed by atoms with van der Waals surface area (Å²) in [6, 6.07) is 0. The van der Waals surface area contributed by atoms with E-state index in [1.165, 1.54) is 13.3 Å². The fourth-order valence-electron chi connectivity index (χ4n) is 0.251. The molecule has 0 aliphatic rings. The predicted molar refractivity (Wildman–Crippen MR) is 32.3 cm³/mol. The third kappa shape index (κ3) is 10.8. The number of hydrogen-bond acceptors (Lipinski definition) is 5. The fourth-order valence-corrected chi connectivity index (χ4v) is 0.251. The molecule has 0 radical (unpaired) electrons. The first-order valence-corrected chi connectivity index (χ1v) is 2.06. The van der Waals surface area contributed by atoms with E-state index in [0.717, 1.165) is 0 Å². The van der Waals surface area contributed by atoms with Gasteiger partial charge in [-0.3, -0.25) is 0 Å². The summed E-state index contributed by atoms with van der Waals surface area (Å²) < 4.78 is 0. The van der Waals surface area contributed by atoms with Gasteiger partial charge in [0, 0.05) is 0 Å². The van der Waals surface area contributed by atoms with Crippen LogP contribution in [0.2, 0.25) is 0 Å². The molecule has 0 saturated carbocycles. The molecule has 0 heterocycles. The Bertz CT molecular complexity index is 115. The minimum Gasteiger partial charge on any atom is -0.870 e. The summed E-state index contributed by atoms with van der Waals surface area (Å²) in [5.41, 5.74) is 0.523. The number of hydrogen-bond donors (Lipinski definition) is 1. The van der Waals surface area contributed by atoms with Crippen LogP contribution in [-0.4, -0.2) is 29.7 Å². The van der Waals surface area contributed by atoms with Gasteiger partial charge in [-0.1, -0.05) is 10.3 Å². The molecule has 0 bridgehead atoms. The van der Waals surface area contributed by atoms with E-state index in [9.17, 15) is 0 Å². The Labute approximate surface area is 81.3 Å². The summed E-state index contributed by atoms with van der Waals surface area (Å²) in [5.74, 6) is 0. The van der Waals surface area contributed by atoms with E-state index in [-0.39, 0.29) is 35.0 Å². The zero-order valence-electron chi connectivity index (χ0n) is 6.27. The minimum atomic E-state index is 0. The Morgan fingerprint density at radius 3 is 2.40 bits per heavy atom. The van der Waals surface area contributed by atoms with Crippen LogP contribution >= 0.6 is 0 Å². The Balaban J connectivity index is -0.000000245. The number of nitrogens with zero attached hydrogens (tertiary/aromatic N) is 2. The molecule has 10 heavy (non-hydrogen) atoms. The topological polar surface area (TPSA) is 84.2 Å². The molecule has 0 atom stereocenters. The van der Waals surface area contributed by atoms with Crippen molar-refractivity contribution < 1.29 is 45.1 Å². The van der Waals surface area contributed by atoms with Crippen molar-refractivity contribution in [3.8, 4) is 0 Å². The monoisotopic (exact) mass is 156 g/mol. The van der Waals surface area contributed by atoms with Gasteiger partial charge in [-0.2, -0.15) is 0 Å². The van der Waals surface area contributed by atoms with Crippen molar-refractivity contribution in [1.29, 1.82) is 0 Å². The predicted octanol–water partition coefficient (Wildman–Crippen LogP) is -2.70. The summed E-state index contributed by atoms with van der Waals surface area (Å²) in [7, 11) is 1.43. The van der Waals surface area contributed by atoms with E-state index in [0.29, 0.717) is 5.71 Å². The van der Waals surface area contributed by atoms with Gasteiger partial charge in [0.15, 0.2) is 0 Å². The van der Waals surface area contributed by atoms with Gasteiger partial charge in [0.2, 0.25) is 0 Å². The van der Waals surface area contributed by atoms with Crippen molar-refractivity contribution >= 4 is 11.9 Å². The maximum atomic E-state index is 7.90. The molecule has 0 rings (SSSR count). The van der Waals surface area contributed by atoms with E-state index >= 15 is 0 Å². The van der Waals surface area contributed by atoms with E-state index < -0.39 is 0 Å². The molecule has 5 nitrogen and oxygen atoms in total. The first-order chi connectivity index (χ1) is 3.81. The van der Waals surface area contributed by atoms with Crippen LogP contribution < -0.4 is 29.6 Å². The van der Waals surface area contributed by atoms with Crippen LogP contribution in [0.4, 0.5) is 0 Å². The molecule has 0 aliphatic heterocycles. The molecule has 0 amide bonds. The molecule has 0 unspecified atom stereocenters. The fraction of sp³-hybridized carbons (Fsp3) is 0.500. The molecular formula is C4H9N2NaO3. The van der Waals surface area contributed by atoms with Crippen molar-refractivity contribution in [2.24, 2.45) is 10.3 Å². The molecule has 0 aromatic rings. The second-order valence-electron chi connectivity index (χ2n) is 1.16. The normalized spacial score (nSPS) is 10.0. The van der Waals surface area contributed by atoms with Gasteiger partial charge in [-0.15, -0.1) is 0 Å². The van der Waals surface area contributed by atoms with Gasteiger partial charge in [-0.05, 0) is 6.92 Å². The van der Waals surface area contributed by atoms with Crippen molar-refractivity contribution in [1.82, 2.24) is 0 Å². The van der Waals surface area contributed by atoms with Gasteiger partial charge in [0.05, 0.1) is 11.9 Å². The van der Waals surface area contributed by atoms with Gasteiger partial charge in [-0.25, -0.2) is 0 Å². The Hall–Kier alpha value is -0.100. The molecule has 0 fully saturated rings. The Morgan fingerprint density at radius 1 is 1.60 bits per heavy atom. The van der Waals surface area contributed by atoms with Crippen LogP contribution in [0.1, 0.15) is 6.92 Å². The number of oxime groups is 2. The molecular weight excluding hydrogens is 147 g/mol. The van der Waals surface area contributed by atoms with Gasteiger partial charge >= 0.3 is 29.6 Å². The molecule has 54 valence electrons. The van der Waals surface area contributed by atoms with Gasteiger partial charge < -0.3 is 15.5 Å². The molecule has 0 aromatic heterocycles. The molecule has 0 spiro atoms. The van der Waals surface area contributed by atoms with Crippen LogP contribution in [0.5, 0.6) is 0 Å². The largest absolute Gasteiger partial charge is 1.00 e. The first-order valence-electron chi connectivity index (χ1n) is 2.06. The minimum absolute atomic E-state index is 0. The zero-order valence-corrected chi connectivity index (χ0v) is 8.27. The van der Waals surface area contributed by atoms with E-state index in [4.69, 9.17) is 5.21 Å². The molecule has 6 heteroatoms.